The predicted octanol–water partition coefficient (Wildman–Crippen LogP) is 1.70. The van der Waals surface area contributed by atoms with Crippen LogP contribution in [0.25, 0.3) is 0 Å². The quantitative estimate of drug-likeness (QED) is 0.354. The molecule has 0 aromatic heterocycles. The van der Waals surface area contributed by atoms with E-state index in [4.69, 9.17) is 0 Å². The molecule has 0 radical (unpaired) electrons. The molecule has 0 N–H and O–H groups in total. The van der Waals surface area contributed by atoms with Crippen molar-refractivity contribution in [2.45, 2.75) is 0 Å². The Morgan fingerprint density at radius 3 is 2.11 bits per heavy atom. The van der Waals surface area contributed by atoms with E-state index in [9.17, 15) is 0 Å². The van der Waals surface area contributed by atoms with Crippen LogP contribution in [0.2, 0.25) is 0 Å². The molecule has 0 bridgehead atoms. The smallest absolute Gasteiger partial charge is 0.0880 e. The molecule has 0 atom stereocenters. The summed E-state index contributed by atoms with van der Waals surface area (Å²) in [7, 11) is 10.5. The van der Waals surface area contributed by atoms with Crippen LogP contribution in [-0.2, 0) is 0 Å². The van der Waals surface area contributed by atoms with E-state index in [-0.39, 0.29) is 0 Å². The molecule has 0 fully saturated rings. The van der Waals surface area contributed by atoms with Crippen LogP contribution in [0.4, 0.5) is 0 Å². The maximum absolute atomic E-state index is 2.22. The van der Waals surface area contributed by atoms with Crippen LogP contribution in [0.15, 0.2) is 0 Å². The molecule has 0 aliphatic heterocycles. The summed E-state index contributed by atoms with van der Waals surface area (Å²) in [6, 6.07) is 0. The minimum absolute atomic E-state index is 1.08. The van der Waals surface area contributed by atoms with E-state index < -0.39 is 0 Å². The van der Waals surface area contributed by atoms with Crippen molar-refractivity contribution in [1.29, 1.82) is 0 Å². The van der Waals surface area contributed by atoms with Crippen LogP contribution in [-0.4, -0.2) is 44.2 Å². The van der Waals surface area contributed by atoms with Gasteiger partial charge in [0.2, 0.25) is 0 Å². The van der Waals surface area contributed by atoms with Gasteiger partial charge in [0.25, 0.3) is 0 Å². The molecule has 0 aromatic carbocycles. The summed E-state index contributed by atoms with van der Waals surface area (Å²) in [5, 5.41) is 0. The molecule has 0 saturated heterocycles. The Morgan fingerprint density at radius 1 is 1.22 bits per heavy atom. The summed E-state index contributed by atoms with van der Waals surface area (Å²) in [5.74, 6) is 1.25. The zero-order valence-electron chi connectivity index (χ0n) is 6.68. The summed E-state index contributed by atoms with van der Waals surface area (Å²) in [6.07, 6.45) is 2.13. The third-order valence-corrected chi connectivity index (χ3v) is 2.76. The SMILES string of the molecule is CSSCC[N+](C)(C)C. The van der Waals surface area contributed by atoms with Gasteiger partial charge in [-0.15, -0.1) is 0 Å². The van der Waals surface area contributed by atoms with Gasteiger partial charge in [0.05, 0.1) is 33.4 Å². The van der Waals surface area contributed by atoms with Gasteiger partial charge in [-0.05, 0) is 6.26 Å². The lowest BCUT2D eigenvalue weighted by Gasteiger charge is -2.22. The van der Waals surface area contributed by atoms with Crippen LogP contribution < -0.4 is 0 Å². The van der Waals surface area contributed by atoms with Crippen molar-refractivity contribution in [3.63, 3.8) is 0 Å². The Balaban J connectivity index is 3.07. The molecular weight excluding hydrogens is 150 g/mol. The minimum atomic E-state index is 1.08. The normalized spacial score (nSPS) is 12.0. The number of nitrogens with zero attached hydrogens (tertiary/aromatic N) is 1. The molecule has 0 aromatic rings. The molecule has 0 spiro atoms. The molecule has 3 heteroatoms. The average Bonchev–Trinajstić information content (AvgIpc) is 1.63. The Labute approximate surface area is 66.2 Å². The summed E-state index contributed by atoms with van der Waals surface area (Å²) in [4.78, 5) is 0. The number of rotatable bonds is 4. The van der Waals surface area contributed by atoms with Gasteiger partial charge in [-0.3, -0.25) is 0 Å². The number of quaternary nitrogens is 1. The van der Waals surface area contributed by atoms with E-state index >= 15 is 0 Å². The van der Waals surface area contributed by atoms with Crippen LogP contribution in [0.1, 0.15) is 0 Å². The Bertz CT molecular complexity index is 67.9. The average molecular weight is 166 g/mol. The Kier molecular flexibility index (Phi) is 4.80. The third-order valence-electron chi connectivity index (χ3n) is 0.963. The van der Waals surface area contributed by atoms with Gasteiger partial charge in [-0.2, -0.15) is 0 Å². The van der Waals surface area contributed by atoms with Gasteiger partial charge in [-0.1, -0.05) is 21.6 Å². The highest BCUT2D eigenvalue weighted by Crippen LogP contribution is 2.16. The zero-order valence-corrected chi connectivity index (χ0v) is 8.31. The molecule has 0 amide bonds. The number of hydrogen-bond acceptors (Lipinski definition) is 2. The molecule has 1 nitrogen and oxygen atoms in total. The van der Waals surface area contributed by atoms with Gasteiger partial charge in [-0.25, -0.2) is 0 Å². The first kappa shape index (κ1) is 9.66. The second-order valence-electron chi connectivity index (χ2n) is 3.00. The summed E-state index contributed by atoms with van der Waals surface area (Å²) in [5.41, 5.74) is 0. The Hall–Kier alpha value is 0.660. The first-order valence-electron chi connectivity index (χ1n) is 3.02. The van der Waals surface area contributed by atoms with Crippen molar-refractivity contribution in [2.24, 2.45) is 0 Å². The van der Waals surface area contributed by atoms with E-state index in [1.54, 1.807) is 0 Å². The second-order valence-corrected chi connectivity index (χ2v) is 5.69. The van der Waals surface area contributed by atoms with E-state index in [1.807, 2.05) is 21.6 Å². The highest BCUT2D eigenvalue weighted by molar-refractivity contribution is 8.76. The van der Waals surface area contributed by atoms with Gasteiger partial charge in [0, 0.05) is 0 Å². The van der Waals surface area contributed by atoms with Crippen LogP contribution in [0, 0.1) is 0 Å². The molecule has 9 heavy (non-hydrogen) atoms. The van der Waals surface area contributed by atoms with E-state index in [0.717, 1.165) is 4.48 Å². The fourth-order valence-electron chi connectivity index (χ4n) is 0.394. The Morgan fingerprint density at radius 2 is 1.78 bits per heavy atom. The van der Waals surface area contributed by atoms with Gasteiger partial charge in [0.15, 0.2) is 0 Å². The van der Waals surface area contributed by atoms with Crippen molar-refractivity contribution in [3.05, 3.63) is 0 Å². The zero-order chi connectivity index (χ0) is 7.33. The van der Waals surface area contributed by atoms with Crippen LogP contribution in [0.3, 0.4) is 0 Å². The second kappa shape index (κ2) is 4.47. The van der Waals surface area contributed by atoms with Gasteiger partial charge >= 0.3 is 0 Å². The molecule has 0 unspecified atom stereocenters. The molecular formula is C6H16NS2+. The van der Waals surface area contributed by atoms with Crippen molar-refractivity contribution in [1.82, 2.24) is 0 Å². The minimum Gasteiger partial charge on any atom is -0.330 e. The highest BCUT2D eigenvalue weighted by Gasteiger charge is 2.04. The summed E-state index contributed by atoms with van der Waals surface area (Å²) in [6.45, 7) is 1.26. The molecule has 56 valence electrons. The first-order chi connectivity index (χ1) is 4.06. The molecule has 0 saturated carbocycles. The van der Waals surface area contributed by atoms with Crippen molar-refractivity contribution in [2.75, 3.05) is 39.7 Å². The monoisotopic (exact) mass is 166 g/mol. The van der Waals surface area contributed by atoms with E-state index in [0.29, 0.717) is 0 Å². The molecule has 0 aliphatic carbocycles. The lowest BCUT2D eigenvalue weighted by molar-refractivity contribution is -0.867. The van der Waals surface area contributed by atoms with Crippen molar-refractivity contribution >= 4 is 21.6 Å². The third kappa shape index (κ3) is 8.66. The topological polar surface area (TPSA) is 0 Å². The number of hydrogen-bond donors (Lipinski definition) is 0. The largest absolute Gasteiger partial charge is 0.330 e. The standard InChI is InChI=1S/C6H16NS2/c1-7(2,3)5-6-9-8-4/h5-6H2,1-4H3/q+1. The van der Waals surface area contributed by atoms with Crippen molar-refractivity contribution < 1.29 is 4.48 Å². The lowest BCUT2D eigenvalue weighted by Crippen LogP contribution is -2.36. The molecule has 0 rings (SSSR count). The summed E-state index contributed by atoms with van der Waals surface area (Å²) < 4.78 is 1.08. The maximum Gasteiger partial charge on any atom is 0.0880 e. The predicted molar refractivity (Wildman–Crippen MR) is 48.9 cm³/mol. The van der Waals surface area contributed by atoms with E-state index in [2.05, 4.69) is 27.4 Å². The summed E-state index contributed by atoms with van der Waals surface area (Å²) >= 11 is 0. The lowest BCUT2D eigenvalue weighted by atomic mass is 10.6. The van der Waals surface area contributed by atoms with Crippen molar-refractivity contribution in [3.8, 4) is 0 Å². The highest BCUT2D eigenvalue weighted by atomic mass is 33.1. The van der Waals surface area contributed by atoms with Crippen LogP contribution in [0.5, 0.6) is 0 Å². The van der Waals surface area contributed by atoms with Crippen LogP contribution >= 0.6 is 21.6 Å². The molecule has 0 heterocycles. The van der Waals surface area contributed by atoms with Gasteiger partial charge < -0.3 is 4.48 Å². The fourth-order valence-corrected chi connectivity index (χ4v) is 1.91. The molecule has 0 aliphatic rings. The van der Waals surface area contributed by atoms with Gasteiger partial charge in [0.1, 0.15) is 0 Å². The first-order valence-corrected chi connectivity index (χ1v) is 5.75. The fraction of sp³-hybridized carbons (Fsp3) is 1.00. The maximum atomic E-state index is 2.22. The van der Waals surface area contributed by atoms with E-state index in [1.165, 1.54) is 12.3 Å².